The van der Waals surface area contributed by atoms with Gasteiger partial charge in [-0.15, -0.1) is 11.8 Å². The second kappa shape index (κ2) is 8.65. The van der Waals surface area contributed by atoms with E-state index in [0.29, 0.717) is 6.21 Å². The smallest absolute Gasteiger partial charge is 0.353 e. The molecule has 1 unspecified atom stereocenters. The highest BCUT2D eigenvalue weighted by Crippen LogP contribution is 2.58. The van der Waals surface area contributed by atoms with Crippen LogP contribution in [0, 0.1) is 0 Å². The second-order valence-corrected chi connectivity index (χ2v) is 10.5. The molecule has 2 aromatic rings. The Labute approximate surface area is 197 Å². The molecule has 2 aromatic heterocycles. The molecule has 4 heterocycles. The Balaban J connectivity index is 1.94. The number of nitrogens with one attached hydrogen (secondary N) is 2. The fourth-order valence-corrected chi connectivity index (χ4v) is 7.47. The number of anilines is 1. The molecule has 168 valence electrons. The average Bonchev–Trinajstić information content (AvgIpc) is 3.35. The van der Waals surface area contributed by atoms with E-state index in [2.05, 4.69) is 25.7 Å². The Kier molecular flexibility index (Phi) is 6.07. The van der Waals surface area contributed by atoms with Crippen LogP contribution >= 0.6 is 46.5 Å². The Morgan fingerprint density at radius 1 is 1.56 bits per heavy atom. The number of hydrogen-bond acceptors (Lipinski definition) is 11. The molecular formula is C16H14ClN7O5S3. The van der Waals surface area contributed by atoms with E-state index in [-0.39, 0.29) is 43.8 Å². The maximum atomic E-state index is 12.5. The number of aliphatic carboxylic acids is 1. The summed E-state index contributed by atoms with van der Waals surface area (Å²) < 4.78 is 0.140. The van der Waals surface area contributed by atoms with Gasteiger partial charge in [-0.1, -0.05) is 39.9 Å². The minimum Gasteiger partial charge on any atom is -0.477 e. The third kappa shape index (κ3) is 3.80. The van der Waals surface area contributed by atoms with Crippen LogP contribution in [-0.2, 0) is 25.0 Å². The number of carbonyl (C=O) groups excluding carboxylic acids is 2. The van der Waals surface area contributed by atoms with Gasteiger partial charge in [-0.25, -0.2) is 9.78 Å². The van der Waals surface area contributed by atoms with E-state index < -0.39 is 22.1 Å². The van der Waals surface area contributed by atoms with E-state index in [4.69, 9.17) is 22.5 Å². The summed E-state index contributed by atoms with van der Waals surface area (Å²) in [7, 11) is 0. The molecule has 1 fully saturated rings. The number of halogens is 1. The fraction of sp³-hybridized carbons (Fsp3) is 0.250. The largest absolute Gasteiger partial charge is 0.477 e. The molecule has 2 atom stereocenters. The number of aromatic nitrogens is 3. The predicted molar refractivity (Wildman–Crippen MR) is 119 cm³/mol. The third-order valence-corrected chi connectivity index (χ3v) is 8.53. The Bertz CT molecular complexity index is 1150. The monoisotopic (exact) mass is 515 g/mol. The highest BCUT2D eigenvalue weighted by atomic mass is 35.5. The van der Waals surface area contributed by atoms with E-state index in [9.17, 15) is 19.5 Å². The summed E-state index contributed by atoms with van der Waals surface area (Å²) in [6.45, 7) is 0. The number of H-pyrrole nitrogens is 1. The first kappa shape index (κ1) is 22.4. The summed E-state index contributed by atoms with van der Waals surface area (Å²) in [4.78, 5) is 41.1. The Hall–Kier alpha value is -2.75. The van der Waals surface area contributed by atoms with Gasteiger partial charge in [0.05, 0.1) is 22.9 Å². The minimum atomic E-state index is -1.60. The summed E-state index contributed by atoms with van der Waals surface area (Å²) in [6, 6.07) is 0. The lowest BCUT2D eigenvalue weighted by atomic mass is 10.1. The van der Waals surface area contributed by atoms with E-state index in [1.165, 1.54) is 4.90 Å². The molecule has 0 aromatic carbocycles. The Morgan fingerprint density at radius 3 is 2.91 bits per heavy atom. The number of nitrogens with zero attached hydrogens (tertiary/aromatic N) is 4. The molecule has 0 saturated carbocycles. The summed E-state index contributed by atoms with van der Waals surface area (Å²) >= 11 is 9.55. The number of thioether (sulfide) groups is 2. The standard InChI is InChI=1S/C16H14ClN7O5S3/c17-13-11(22-15(18)31-13)16(23-7(25)4-21-29)12(30-5-6-2-19-20-3-6)10(14(27)28)24-8(26)1-9(24)32-16/h2-4,9,29H,1,5H2,(H2,18,22)(H,19,20)(H,23,25)(H,27,28)/b21-4-/t9-,16?/m1/s1. The minimum absolute atomic E-state index is 0.0596. The van der Waals surface area contributed by atoms with E-state index >= 15 is 0 Å². The fourth-order valence-electron chi connectivity index (χ4n) is 3.27. The van der Waals surface area contributed by atoms with Crippen LogP contribution in [0.1, 0.15) is 17.7 Å². The number of carboxylic acids is 1. The third-order valence-electron chi connectivity index (χ3n) is 4.55. The van der Waals surface area contributed by atoms with Gasteiger partial charge in [0.15, 0.2) is 10.0 Å². The van der Waals surface area contributed by atoms with Gasteiger partial charge < -0.3 is 21.4 Å². The molecule has 0 radical (unpaired) electrons. The zero-order chi connectivity index (χ0) is 23.0. The Morgan fingerprint density at radius 2 is 2.34 bits per heavy atom. The van der Waals surface area contributed by atoms with Gasteiger partial charge in [-0.3, -0.25) is 19.6 Å². The summed E-state index contributed by atoms with van der Waals surface area (Å²) in [6.07, 6.45) is 3.88. The van der Waals surface area contributed by atoms with Crippen LogP contribution in [-0.4, -0.2) is 59.8 Å². The molecular weight excluding hydrogens is 502 g/mol. The number of nitrogen functional groups attached to an aromatic ring is 1. The molecule has 1 saturated heterocycles. The van der Waals surface area contributed by atoms with E-state index in [1.807, 2.05) is 0 Å². The first-order valence-corrected chi connectivity index (χ1v) is 11.8. The first-order chi connectivity index (χ1) is 15.3. The number of carbonyl (C=O) groups is 3. The maximum Gasteiger partial charge on any atom is 0.353 e. The number of carboxylic acid groups (broad SMARTS) is 1. The van der Waals surface area contributed by atoms with Crippen LogP contribution in [0.25, 0.3) is 0 Å². The van der Waals surface area contributed by atoms with Crippen molar-refractivity contribution >= 4 is 75.6 Å². The average molecular weight is 516 g/mol. The molecule has 32 heavy (non-hydrogen) atoms. The van der Waals surface area contributed by atoms with Gasteiger partial charge in [0.1, 0.15) is 21.9 Å². The number of aromatic amines is 1. The van der Waals surface area contributed by atoms with Gasteiger partial charge >= 0.3 is 5.97 Å². The van der Waals surface area contributed by atoms with E-state index in [0.717, 1.165) is 40.4 Å². The number of thiazole rings is 1. The van der Waals surface area contributed by atoms with Crippen molar-refractivity contribution in [3.63, 3.8) is 0 Å². The highest BCUT2D eigenvalue weighted by Gasteiger charge is 2.58. The van der Waals surface area contributed by atoms with Crippen molar-refractivity contribution in [1.82, 2.24) is 25.4 Å². The van der Waals surface area contributed by atoms with Gasteiger partial charge in [0, 0.05) is 17.5 Å². The number of hydrogen-bond donors (Lipinski definition) is 5. The van der Waals surface area contributed by atoms with Crippen LogP contribution in [0.2, 0.25) is 4.34 Å². The molecule has 0 bridgehead atoms. The van der Waals surface area contributed by atoms with Crippen LogP contribution in [0.5, 0.6) is 0 Å². The van der Waals surface area contributed by atoms with Crippen molar-refractivity contribution in [3.05, 3.63) is 38.6 Å². The summed E-state index contributed by atoms with van der Waals surface area (Å²) in [5.74, 6) is -2.28. The lowest BCUT2D eigenvalue weighted by molar-refractivity contribution is -0.146. The van der Waals surface area contributed by atoms with Gasteiger partial charge in [0.25, 0.3) is 5.91 Å². The van der Waals surface area contributed by atoms with Crippen molar-refractivity contribution in [2.75, 3.05) is 5.73 Å². The molecule has 2 amide bonds. The topological polar surface area (TPSA) is 187 Å². The highest BCUT2D eigenvalue weighted by molar-refractivity contribution is 8.06. The zero-order valence-corrected chi connectivity index (χ0v) is 19.0. The van der Waals surface area contributed by atoms with Gasteiger partial charge in [0.2, 0.25) is 5.91 Å². The molecule has 6 N–H and O–H groups in total. The number of β-lactam (4-membered cyclic amide) rings is 1. The number of rotatable bonds is 7. The molecule has 0 aliphatic carbocycles. The van der Waals surface area contributed by atoms with Crippen LogP contribution in [0.4, 0.5) is 5.13 Å². The summed E-state index contributed by atoms with van der Waals surface area (Å²) in [5.41, 5.74) is 6.42. The van der Waals surface area contributed by atoms with Crippen LogP contribution in [0.3, 0.4) is 0 Å². The predicted octanol–water partition coefficient (Wildman–Crippen LogP) is 1.37. The second-order valence-electron chi connectivity index (χ2n) is 6.51. The molecule has 2 aliphatic heterocycles. The first-order valence-electron chi connectivity index (χ1n) is 8.77. The van der Waals surface area contributed by atoms with E-state index in [1.54, 1.807) is 12.4 Å². The SMILES string of the molecule is Nc1nc(C2(NC(=O)/C=N\O)S[C@@H]3CC(=O)N3C(C(=O)O)=C2SCc2cn[nH]c2)c(Cl)s1. The van der Waals surface area contributed by atoms with Crippen molar-refractivity contribution in [2.45, 2.75) is 22.4 Å². The van der Waals surface area contributed by atoms with Crippen molar-refractivity contribution in [2.24, 2.45) is 5.16 Å². The van der Waals surface area contributed by atoms with Crippen molar-refractivity contribution in [1.29, 1.82) is 0 Å². The number of fused-ring (bicyclic) bond motifs is 1. The molecule has 4 rings (SSSR count). The molecule has 12 nitrogen and oxygen atoms in total. The van der Waals surface area contributed by atoms with Crippen molar-refractivity contribution < 1.29 is 24.7 Å². The molecule has 2 aliphatic rings. The summed E-state index contributed by atoms with van der Waals surface area (Å²) in [5, 5.41) is 30.4. The van der Waals surface area contributed by atoms with Crippen LogP contribution < -0.4 is 11.1 Å². The maximum absolute atomic E-state index is 12.5. The van der Waals surface area contributed by atoms with Gasteiger partial charge in [-0.05, 0) is 0 Å². The lowest BCUT2D eigenvalue weighted by Crippen LogP contribution is -2.60. The molecule has 16 heteroatoms. The normalized spacial score (nSPS) is 22.7. The zero-order valence-electron chi connectivity index (χ0n) is 15.8. The van der Waals surface area contributed by atoms with Crippen LogP contribution in [0.15, 0.2) is 28.2 Å². The number of oxime groups is 1. The van der Waals surface area contributed by atoms with Gasteiger partial charge in [-0.2, -0.15) is 5.10 Å². The number of nitrogens with two attached hydrogens (primary N) is 1. The lowest BCUT2D eigenvalue weighted by Gasteiger charge is -2.51. The molecule has 0 spiro atoms. The quantitative estimate of drug-likeness (QED) is 0.156. The van der Waals surface area contributed by atoms with Crippen molar-refractivity contribution in [3.8, 4) is 0 Å². The number of amides is 2.